The molecule has 2 aromatic carbocycles. The largest absolute Gasteiger partial charge is 0.494 e. The Morgan fingerprint density at radius 1 is 0.821 bits per heavy atom. The number of hydrogen-bond acceptors (Lipinski definition) is 5. The van der Waals surface area contributed by atoms with Crippen molar-refractivity contribution in [1.82, 2.24) is 5.32 Å². The SMILES string of the molecule is CCCCCCCCOc1ccc2c(c1)CNC(c1ccc(OC(=O)[C@H]3CC[C@H](CCCCC)CC3)cc1)N2. The van der Waals surface area contributed by atoms with Crippen molar-refractivity contribution in [3.8, 4) is 11.5 Å². The van der Waals surface area contributed by atoms with Crippen LogP contribution >= 0.6 is 0 Å². The highest BCUT2D eigenvalue weighted by atomic mass is 16.5. The number of benzene rings is 2. The summed E-state index contributed by atoms with van der Waals surface area (Å²) in [6.07, 6.45) is 17.1. The van der Waals surface area contributed by atoms with Gasteiger partial charge in [-0.1, -0.05) is 83.8 Å². The molecule has 4 rings (SSSR count). The maximum absolute atomic E-state index is 12.8. The second-order valence-corrected chi connectivity index (χ2v) is 11.6. The average molecular weight is 535 g/mol. The van der Waals surface area contributed by atoms with Crippen molar-refractivity contribution in [3.63, 3.8) is 0 Å². The quantitative estimate of drug-likeness (QED) is 0.136. The molecule has 1 saturated carbocycles. The van der Waals surface area contributed by atoms with Crippen LogP contribution in [0.5, 0.6) is 11.5 Å². The molecular formula is C34H50N2O3. The van der Waals surface area contributed by atoms with Crippen LogP contribution in [0.15, 0.2) is 42.5 Å². The maximum atomic E-state index is 12.8. The zero-order valence-corrected chi connectivity index (χ0v) is 24.3. The number of rotatable bonds is 15. The van der Waals surface area contributed by atoms with Crippen LogP contribution in [0.1, 0.15) is 121 Å². The number of fused-ring (bicyclic) bond motifs is 1. The number of ether oxygens (including phenoxy) is 2. The normalized spacial score (nSPS) is 20.6. The zero-order chi connectivity index (χ0) is 27.3. The smallest absolute Gasteiger partial charge is 0.314 e. The van der Waals surface area contributed by atoms with E-state index < -0.39 is 0 Å². The molecule has 1 fully saturated rings. The number of nitrogens with one attached hydrogen (secondary N) is 2. The summed E-state index contributed by atoms with van der Waals surface area (Å²) in [7, 11) is 0. The van der Waals surface area contributed by atoms with Gasteiger partial charge in [0.2, 0.25) is 0 Å². The maximum Gasteiger partial charge on any atom is 0.314 e. The second-order valence-electron chi connectivity index (χ2n) is 11.6. The van der Waals surface area contributed by atoms with Crippen LogP contribution in [0, 0.1) is 11.8 Å². The van der Waals surface area contributed by atoms with Crippen molar-refractivity contribution < 1.29 is 14.3 Å². The summed E-state index contributed by atoms with van der Waals surface area (Å²) < 4.78 is 11.8. The van der Waals surface area contributed by atoms with E-state index in [0.29, 0.717) is 5.75 Å². The molecule has 1 aliphatic carbocycles. The van der Waals surface area contributed by atoms with E-state index in [2.05, 4.69) is 42.7 Å². The predicted octanol–water partition coefficient (Wildman–Crippen LogP) is 8.93. The third-order valence-corrected chi connectivity index (χ3v) is 8.47. The molecule has 0 amide bonds. The standard InChI is InChI=1S/C34H50N2O3/c1-3-5-7-8-9-11-23-38-31-21-22-32-29(24-31)25-35-33(36-32)27-17-19-30(20-18-27)39-34(37)28-15-13-26(14-16-28)12-10-6-4-2/h17-22,24,26,28,33,35-36H,3-16,23,25H2,1-2H3/t26-,28-,33?. The minimum absolute atomic E-state index is 0.0140. The Bertz CT molecular complexity index is 998. The third-order valence-electron chi connectivity index (χ3n) is 8.47. The number of unbranched alkanes of at least 4 members (excludes halogenated alkanes) is 7. The van der Waals surface area contributed by atoms with Gasteiger partial charge in [0.25, 0.3) is 0 Å². The van der Waals surface area contributed by atoms with Gasteiger partial charge in [-0.25, -0.2) is 0 Å². The fourth-order valence-corrected chi connectivity index (χ4v) is 5.94. The van der Waals surface area contributed by atoms with E-state index in [0.717, 1.165) is 68.2 Å². The molecule has 0 aromatic heterocycles. The first kappa shape index (κ1) is 29.5. The van der Waals surface area contributed by atoms with Gasteiger partial charge in [-0.3, -0.25) is 10.1 Å². The molecule has 0 saturated heterocycles. The number of carbonyl (C=O) groups is 1. The van der Waals surface area contributed by atoms with Gasteiger partial charge in [0.1, 0.15) is 17.7 Å². The molecule has 2 aromatic rings. The number of anilines is 1. The molecule has 1 heterocycles. The first-order valence-electron chi connectivity index (χ1n) is 15.7. The van der Waals surface area contributed by atoms with Crippen LogP contribution in [-0.2, 0) is 11.3 Å². The van der Waals surface area contributed by atoms with Crippen LogP contribution in [0.4, 0.5) is 5.69 Å². The van der Waals surface area contributed by atoms with E-state index in [-0.39, 0.29) is 18.1 Å². The minimum atomic E-state index is -0.0629. The van der Waals surface area contributed by atoms with Crippen molar-refractivity contribution >= 4 is 11.7 Å². The van der Waals surface area contributed by atoms with Crippen LogP contribution in [-0.4, -0.2) is 12.6 Å². The Morgan fingerprint density at radius 2 is 1.51 bits per heavy atom. The first-order valence-corrected chi connectivity index (χ1v) is 15.7. The lowest BCUT2D eigenvalue weighted by Gasteiger charge is -2.29. The van der Waals surface area contributed by atoms with E-state index in [1.54, 1.807) is 0 Å². The third kappa shape index (κ3) is 9.27. The molecular weight excluding hydrogens is 484 g/mol. The summed E-state index contributed by atoms with van der Waals surface area (Å²) in [5, 5.41) is 7.17. The first-order chi connectivity index (χ1) is 19.2. The summed E-state index contributed by atoms with van der Waals surface area (Å²) in [6.45, 7) is 6.07. The van der Waals surface area contributed by atoms with Gasteiger partial charge in [-0.2, -0.15) is 0 Å². The zero-order valence-electron chi connectivity index (χ0n) is 24.3. The van der Waals surface area contributed by atoms with E-state index in [4.69, 9.17) is 9.47 Å². The molecule has 214 valence electrons. The second kappa shape index (κ2) is 15.9. The molecule has 2 aliphatic rings. The van der Waals surface area contributed by atoms with Gasteiger partial charge in [0.15, 0.2) is 0 Å². The minimum Gasteiger partial charge on any atom is -0.494 e. The van der Waals surface area contributed by atoms with E-state index >= 15 is 0 Å². The van der Waals surface area contributed by atoms with Crippen molar-refractivity contribution in [2.24, 2.45) is 11.8 Å². The molecule has 1 unspecified atom stereocenters. The summed E-state index contributed by atoms with van der Waals surface area (Å²) in [5.41, 5.74) is 3.47. The highest BCUT2D eigenvalue weighted by Gasteiger charge is 2.27. The van der Waals surface area contributed by atoms with Crippen LogP contribution < -0.4 is 20.1 Å². The highest BCUT2D eigenvalue weighted by Crippen LogP contribution is 2.34. The Kier molecular flexibility index (Phi) is 12.0. The van der Waals surface area contributed by atoms with Gasteiger partial charge in [-0.05, 0) is 79.5 Å². The molecule has 0 spiro atoms. The molecule has 0 bridgehead atoms. The van der Waals surface area contributed by atoms with Gasteiger partial charge in [-0.15, -0.1) is 0 Å². The van der Waals surface area contributed by atoms with Gasteiger partial charge in [0, 0.05) is 12.2 Å². The van der Waals surface area contributed by atoms with Crippen LogP contribution in [0.3, 0.4) is 0 Å². The fraction of sp³-hybridized carbons (Fsp3) is 0.618. The summed E-state index contributed by atoms with van der Waals surface area (Å²) in [4.78, 5) is 12.8. The fourth-order valence-electron chi connectivity index (χ4n) is 5.94. The molecule has 1 aliphatic heterocycles. The molecule has 1 atom stereocenters. The van der Waals surface area contributed by atoms with Crippen LogP contribution in [0.2, 0.25) is 0 Å². The van der Waals surface area contributed by atoms with Crippen molar-refractivity contribution in [2.75, 3.05) is 11.9 Å². The Hall–Kier alpha value is -2.53. The van der Waals surface area contributed by atoms with Crippen molar-refractivity contribution in [3.05, 3.63) is 53.6 Å². The Morgan fingerprint density at radius 3 is 2.28 bits per heavy atom. The Labute approximate surface area is 236 Å². The van der Waals surface area contributed by atoms with Gasteiger partial charge >= 0.3 is 5.97 Å². The predicted molar refractivity (Wildman–Crippen MR) is 160 cm³/mol. The average Bonchev–Trinajstić information content (AvgIpc) is 2.97. The summed E-state index contributed by atoms with van der Waals surface area (Å²) in [5.74, 6) is 2.36. The summed E-state index contributed by atoms with van der Waals surface area (Å²) in [6, 6.07) is 14.2. The van der Waals surface area contributed by atoms with Gasteiger partial charge < -0.3 is 14.8 Å². The molecule has 5 heteroatoms. The van der Waals surface area contributed by atoms with Gasteiger partial charge in [0.05, 0.1) is 12.5 Å². The molecule has 5 nitrogen and oxygen atoms in total. The van der Waals surface area contributed by atoms with E-state index in [1.165, 1.54) is 63.4 Å². The highest BCUT2D eigenvalue weighted by molar-refractivity contribution is 5.75. The number of carbonyl (C=O) groups excluding carboxylic acids is 1. The topological polar surface area (TPSA) is 59.6 Å². The van der Waals surface area contributed by atoms with Crippen LogP contribution in [0.25, 0.3) is 0 Å². The molecule has 2 N–H and O–H groups in total. The Balaban J connectivity index is 1.19. The summed E-state index contributed by atoms with van der Waals surface area (Å²) >= 11 is 0. The van der Waals surface area contributed by atoms with E-state index in [1.807, 2.05) is 24.3 Å². The monoisotopic (exact) mass is 534 g/mol. The molecule has 0 radical (unpaired) electrons. The lowest BCUT2D eigenvalue weighted by atomic mass is 9.80. The lowest BCUT2D eigenvalue weighted by Crippen LogP contribution is -2.32. The number of hydrogen-bond donors (Lipinski definition) is 2. The van der Waals surface area contributed by atoms with Crippen molar-refractivity contribution in [2.45, 2.75) is 116 Å². The van der Waals surface area contributed by atoms with Crippen molar-refractivity contribution in [1.29, 1.82) is 0 Å². The number of esters is 1. The van der Waals surface area contributed by atoms with E-state index in [9.17, 15) is 4.79 Å². The lowest BCUT2D eigenvalue weighted by molar-refractivity contribution is -0.140. The molecule has 39 heavy (non-hydrogen) atoms.